The summed E-state index contributed by atoms with van der Waals surface area (Å²) in [6, 6.07) is 11.6. The van der Waals surface area contributed by atoms with Crippen LogP contribution in [-0.4, -0.2) is 14.5 Å². The number of fused-ring (bicyclic) bond motifs is 1. The Labute approximate surface area is 157 Å². The van der Waals surface area contributed by atoms with E-state index in [9.17, 15) is 4.79 Å². The van der Waals surface area contributed by atoms with Gasteiger partial charge in [0.05, 0.1) is 22.9 Å². The van der Waals surface area contributed by atoms with E-state index in [0.29, 0.717) is 11.1 Å². The van der Waals surface area contributed by atoms with Crippen LogP contribution in [0.3, 0.4) is 0 Å². The molecule has 0 spiro atoms. The fourth-order valence-corrected chi connectivity index (χ4v) is 4.76. The molecule has 1 aliphatic rings. The molecule has 26 heavy (non-hydrogen) atoms. The zero-order chi connectivity index (χ0) is 17.5. The third-order valence-electron chi connectivity index (χ3n) is 4.32. The Morgan fingerprint density at radius 2 is 2.08 bits per heavy atom. The molecule has 0 saturated heterocycles. The Kier molecular flexibility index (Phi) is 3.90. The SMILES string of the molecule is O=c1c2ccccc2nc(SCc2csc(-c3ccco3)n2)n1C1CC1. The maximum absolute atomic E-state index is 12.9. The number of aromatic nitrogens is 3. The molecule has 0 unspecified atom stereocenters. The predicted octanol–water partition coefficient (Wildman–Crippen LogP) is 4.74. The molecule has 130 valence electrons. The Morgan fingerprint density at radius 3 is 2.88 bits per heavy atom. The minimum absolute atomic E-state index is 0.0650. The van der Waals surface area contributed by atoms with Gasteiger partial charge < -0.3 is 4.42 Å². The lowest BCUT2D eigenvalue weighted by Crippen LogP contribution is -2.22. The van der Waals surface area contributed by atoms with Crippen molar-refractivity contribution in [1.82, 2.24) is 14.5 Å². The predicted molar refractivity (Wildman–Crippen MR) is 104 cm³/mol. The summed E-state index contributed by atoms with van der Waals surface area (Å²) in [6.45, 7) is 0. The highest BCUT2D eigenvalue weighted by molar-refractivity contribution is 7.98. The molecule has 0 atom stereocenters. The van der Waals surface area contributed by atoms with Crippen LogP contribution in [0.5, 0.6) is 0 Å². The van der Waals surface area contributed by atoms with E-state index in [1.54, 1.807) is 29.4 Å². The Balaban J connectivity index is 1.46. The average Bonchev–Trinajstić information content (AvgIpc) is 3.15. The summed E-state index contributed by atoms with van der Waals surface area (Å²) in [7, 11) is 0. The van der Waals surface area contributed by atoms with Gasteiger partial charge in [0.25, 0.3) is 5.56 Å². The van der Waals surface area contributed by atoms with E-state index in [1.165, 1.54) is 0 Å². The molecule has 1 saturated carbocycles. The van der Waals surface area contributed by atoms with E-state index < -0.39 is 0 Å². The first-order valence-corrected chi connectivity index (χ1v) is 10.3. The minimum atomic E-state index is 0.0650. The van der Waals surface area contributed by atoms with Crippen molar-refractivity contribution in [2.45, 2.75) is 29.8 Å². The number of thiazole rings is 1. The normalized spacial score (nSPS) is 14.2. The lowest BCUT2D eigenvalue weighted by Gasteiger charge is -2.11. The maximum atomic E-state index is 12.9. The summed E-state index contributed by atoms with van der Waals surface area (Å²) in [6.07, 6.45) is 3.75. The van der Waals surface area contributed by atoms with Gasteiger partial charge in [-0.25, -0.2) is 9.97 Å². The van der Waals surface area contributed by atoms with Gasteiger partial charge in [0.2, 0.25) is 0 Å². The quantitative estimate of drug-likeness (QED) is 0.369. The second-order valence-electron chi connectivity index (χ2n) is 6.23. The van der Waals surface area contributed by atoms with E-state index in [0.717, 1.165) is 40.0 Å². The smallest absolute Gasteiger partial charge is 0.262 e. The summed E-state index contributed by atoms with van der Waals surface area (Å²) in [5.74, 6) is 1.46. The molecule has 3 aromatic heterocycles. The van der Waals surface area contributed by atoms with Crippen molar-refractivity contribution in [1.29, 1.82) is 0 Å². The van der Waals surface area contributed by atoms with Crippen molar-refractivity contribution in [2.75, 3.05) is 0 Å². The van der Waals surface area contributed by atoms with Crippen LogP contribution in [0.2, 0.25) is 0 Å². The summed E-state index contributed by atoms with van der Waals surface area (Å²) in [4.78, 5) is 22.3. The van der Waals surface area contributed by atoms with Gasteiger partial charge in [-0.2, -0.15) is 0 Å². The molecule has 0 amide bonds. The van der Waals surface area contributed by atoms with E-state index in [4.69, 9.17) is 9.40 Å². The second kappa shape index (κ2) is 6.41. The second-order valence-corrected chi connectivity index (χ2v) is 8.03. The maximum Gasteiger partial charge on any atom is 0.262 e. The van der Waals surface area contributed by atoms with Gasteiger partial charge in [-0.3, -0.25) is 9.36 Å². The van der Waals surface area contributed by atoms with E-state index in [-0.39, 0.29) is 11.6 Å². The van der Waals surface area contributed by atoms with Crippen molar-refractivity contribution in [3.8, 4) is 10.8 Å². The molecular formula is C19H15N3O2S2. The molecule has 5 rings (SSSR count). The summed E-state index contributed by atoms with van der Waals surface area (Å²) in [5, 5.41) is 4.38. The van der Waals surface area contributed by atoms with Crippen molar-refractivity contribution >= 4 is 34.0 Å². The number of hydrogen-bond acceptors (Lipinski definition) is 6. The van der Waals surface area contributed by atoms with Crippen LogP contribution < -0.4 is 5.56 Å². The number of benzene rings is 1. The molecule has 1 fully saturated rings. The molecule has 5 nitrogen and oxygen atoms in total. The third-order valence-corrected chi connectivity index (χ3v) is 6.21. The van der Waals surface area contributed by atoms with Crippen molar-refractivity contribution in [3.63, 3.8) is 0 Å². The fourth-order valence-electron chi connectivity index (χ4n) is 2.91. The van der Waals surface area contributed by atoms with Crippen molar-refractivity contribution in [2.24, 2.45) is 0 Å². The highest BCUT2D eigenvalue weighted by atomic mass is 32.2. The number of hydrogen-bond donors (Lipinski definition) is 0. The van der Waals surface area contributed by atoms with Crippen LogP contribution >= 0.6 is 23.1 Å². The first kappa shape index (κ1) is 15.8. The molecule has 1 aromatic carbocycles. The molecule has 0 bridgehead atoms. The largest absolute Gasteiger partial charge is 0.462 e. The van der Waals surface area contributed by atoms with Crippen LogP contribution in [0.1, 0.15) is 24.6 Å². The van der Waals surface area contributed by atoms with Crippen LogP contribution in [0.15, 0.2) is 62.4 Å². The molecule has 0 N–H and O–H groups in total. The van der Waals surface area contributed by atoms with Crippen LogP contribution in [0, 0.1) is 0 Å². The lowest BCUT2D eigenvalue weighted by molar-refractivity contribution is 0.581. The molecule has 1 aliphatic carbocycles. The number of thioether (sulfide) groups is 1. The molecular weight excluding hydrogens is 366 g/mol. The lowest BCUT2D eigenvalue weighted by atomic mass is 10.2. The molecule has 4 aromatic rings. The standard InChI is InChI=1S/C19H15N3O2S2/c23-18-14-4-1-2-5-15(14)21-19(22(18)13-7-8-13)26-11-12-10-25-17(20-12)16-6-3-9-24-16/h1-6,9-10,13H,7-8,11H2. The third kappa shape index (κ3) is 2.87. The first-order chi connectivity index (χ1) is 12.8. The van der Waals surface area contributed by atoms with Gasteiger partial charge in [0.15, 0.2) is 15.9 Å². The first-order valence-electron chi connectivity index (χ1n) is 8.42. The number of rotatable bonds is 5. The number of nitrogens with zero attached hydrogens (tertiary/aromatic N) is 3. The van der Waals surface area contributed by atoms with E-state index in [2.05, 4.69) is 4.98 Å². The van der Waals surface area contributed by atoms with Crippen molar-refractivity contribution in [3.05, 3.63) is 64.1 Å². The Morgan fingerprint density at radius 1 is 1.19 bits per heavy atom. The highest BCUT2D eigenvalue weighted by Gasteiger charge is 2.28. The topological polar surface area (TPSA) is 60.9 Å². The highest BCUT2D eigenvalue weighted by Crippen LogP contribution is 2.37. The molecule has 0 radical (unpaired) electrons. The van der Waals surface area contributed by atoms with Crippen LogP contribution in [0.25, 0.3) is 21.7 Å². The van der Waals surface area contributed by atoms with Crippen LogP contribution in [-0.2, 0) is 5.75 Å². The Hall–Kier alpha value is -2.38. The average molecular weight is 381 g/mol. The zero-order valence-corrected chi connectivity index (χ0v) is 15.4. The fraction of sp³-hybridized carbons (Fsp3) is 0.211. The van der Waals surface area contributed by atoms with Crippen molar-refractivity contribution < 1.29 is 4.42 Å². The molecule has 3 heterocycles. The van der Waals surface area contributed by atoms with Gasteiger partial charge >= 0.3 is 0 Å². The van der Waals surface area contributed by atoms with Gasteiger partial charge in [-0.15, -0.1) is 11.3 Å². The van der Waals surface area contributed by atoms with Gasteiger partial charge in [-0.1, -0.05) is 23.9 Å². The minimum Gasteiger partial charge on any atom is -0.462 e. The number of furan rings is 1. The summed E-state index contributed by atoms with van der Waals surface area (Å²) >= 11 is 3.14. The number of para-hydroxylation sites is 1. The van der Waals surface area contributed by atoms with E-state index >= 15 is 0 Å². The van der Waals surface area contributed by atoms with E-state index in [1.807, 2.05) is 46.3 Å². The van der Waals surface area contributed by atoms with Gasteiger partial charge in [0, 0.05) is 17.2 Å². The molecule has 0 aliphatic heterocycles. The Bertz CT molecular complexity index is 1130. The van der Waals surface area contributed by atoms with Gasteiger partial charge in [-0.05, 0) is 37.1 Å². The van der Waals surface area contributed by atoms with Gasteiger partial charge in [0.1, 0.15) is 0 Å². The zero-order valence-electron chi connectivity index (χ0n) is 13.8. The molecule has 7 heteroatoms. The summed E-state index contributed by atoms with van der Waals surface area (Å²) in [5.41, 5.74) is 1.79. The van der Waals surface area contributed by atoms with Crippen LogP contribution in [0.4, 0.5) is 0 Å². The summed E-state index contributed by atoms with van der Waals surface area (Å²) < 4.78 is 7.27. The monoisotopic (exact) mass is 381 g/mol.